The van der Waals surface area contributed by atoms with Gasteiger partial charge in [0.25, 0.3) is 0 Å². The van der Waals surface area contributed by atoms with Gasteiger partial charge in [-0.2, -0.15) is 0 Å². The molecule has 0 N–H and O–H groups in total. The summed E-state index contributed by atoms with van der Waals surface area (Å²) in [5.41, 5.74) is 2.73. The van der Waals surface area contributed by atoms with Gasteiger partial charge in [0.2, 0.25) is 0 Å². The number of carbonyl (C=O) groups excluding carboxylic acids is 1. The van der Waals surface area contributed by atoms with Crippen molar-refractivity contribution < 1.29 is 4.79 Å². The molecule has 2 aromatic carbocycles. The van der Waals surface area contributed by atoms with Crippen molar-refractivity contribution in [3.05, 3.63) is 69.4 Å². The van der Waals surface area contributed by atoms with Crippen molar-refractivity contribution >= 4 is 39.3 Å². The Balaban J connectivity index is 1.87. The number of hydrogen-bond acceptors (Lipinski definition) is 1. The van der Waals surface area contributed by atoms with Crippen LogP contribution < -0.4 is 0 Å². The van der Waals surface area contributed by atoms with Gasteiger partial charge in [-0.05, 0) is 47.2 Å². The average Bonchev–Trinajstić information content (AvgIpc) is 3.00. The molecule has 0 amide bonds. The Morgan fingerprint density at radius 3 is 2.60 bits per heavy atom. The predicted octanol–water partition coefficient (Wildman–Crippen LogP) is 6.45. The number of rotatable bonds is 8. The number of halogens is 1. The van der Waals surface area contributed by atoms with Crippen LogP contribution in [0, 0.1) is 3.57 Å². The molecule has 25 heavy (non-hydrogen) atoms. The van der Waals surface area contributed by atoms with Crippen LogP contribution in [0.3, 0.4) is 0 Å². The third-order valence-electron chi connectivity index (χ3n) is 4.62. The highest BCUT2D eigenvalue weighted by atomic mass is 127. The van der Waals surface area contributed by atoms with Crippen molar-refractivity contribution in [3.63, 3.8) is 0 Å². The monoisotopic (exact) mass is 445 g/mol. The average molecular weight is 445 g/mol. The molecule has 3 aromatic rings. The van der Waals surface area contributed by atoms with Crippen molar-refractivity contribution in [1.82, 2.24) is 4.57 Å². The molecule has 1 aromatic heterocycles. The Bertz CT molecular complexity index is 865. The molecule has 1 heterocycles. The first-order valence-electron chi connectivity index (χ1n) is 9.09. The Morgan fingerprint density at radius 2 is 1.80 bits per heavy atom. The minimum absolute atomic E-state index is 0.111. The molecule has 0 saturated carbocycles. The van der Waals surface area contributed by atoms with Crippen molar-refractivity contribution in [2.45, 2.75) is 45.6 Å². The molecular weight excluding hydrogens is 421 g/mol. The molecule has 0 aliphatic rings. The van der Waals surface area contributed by atoms with Crippen LogP contribution in [0.4, 0.5) is 0 Å². The summed E-state index contributed by atoms with van der Waals surface area (Å²) in [6.07, 6.45) is 8.33. The van der Waals surface area contributed by atoms with Gasteiger partial charge in [-0.3, -0.25) is 4.79 Å². The second-order valence-electron chi connectivity index (χ2n) is 6.51. The second kappa shape index (κ2) is 8.65. The largest absolute Gasteiger partial charge is 0.347 e. The Morgan fingerprint density at radius 1 is 1.00 bits per heavy atom. The van der Waals surface area contributed by atoms with Gasteiger partial charge in [0.15, 0.2) is 5.78 Å². The zero-order valence-corrected chi connectivity index (χ0v) is 16.8. The van der Waals surface area contributed by atoms with Gasteiger partial charge in [0.05, 0.1) is 0 Å². The summed E-state index contributed by atoms with van der Waals surface area (Å²) in [5.74, 6) is 0.111. The van der Waals surface area contributed by atoms with E-state index >= 15 is 0 Å². The van der Waals surface area contributed by atoms with Gasteiger partial charge in [0.1, 0.15) is 0 Å². The Kier molecular flexibility index (Phi) is 6.29. The maximum atomic E-state index is 13.0. The highest BCUT2D eigenvalue weighted by Crippen LogP contribution is 2.25. The molecule has 0 atom stereocenters. The van der Waals surface area contributed by atoms with Gasteiger partial charge in [-0.25, -0.2) is 0 Å². The van der Waals surface area contributed by atoms with Crippen molar-refractivity contribution in [2.75, 3.05) is 0 Å². The lowest BCUT2D eigenvalue weighted by Crippen LogP contribution is -2.01. The molecule has 3 rings (SSSR count). The standard InChI is InChI=1S/C22H24INO/c1-2-3-4-5-8-14-24-16-20(19-12-6-7-13-21(19)24)22(25)17-10-9-11-18(23)15-17/h6-7,9-13,15-16H,2-5,8,14H2,1H3. The topological polar surface area (TPSA) is 22.0 Å². The molecule has 3 heteroatoms. The number of fused-ring (bicyclic) bond motifs is 1. The number of hydrogen-bond donors (Lipinski definition) is 0. The number of carbonyl (C=O) groups is 1. The summed E-state index contributed by atoms with van der Waals surface area (Å²) in [7, 11) is 0. The van der Waals surface area contributed by atoms with Crippen LogP contribution in [0.15, 0.2) is 54.7 Å². The van der Waals surface area contributed by atoms with E-state index in [1.54, 1.807) is 0 Å². The lowest BCUT2D eigenvalue weighted by molar-refractivity contribution is 0.104. The van der Waals surface area contributed by atoms with E-state index in [1.807, 2.05) is 36.5 Å². The molecule has 2 nitrogen and oxygen atoms in total. The number of unbranched alkanes of at least 4 members (excludes halogenated alkanes) is 4. The maximum Gasteiger partial charge on any atom is 0.195 e. The fourth-order valence-electron chi connectivity index (χ4n) is 3.28. The first kappa shape index (κ1) is 18.2. The zero-order chi connectivity index (χ0) is 17.6. The number of para-hydroxylation sites is 1. The first-order chi connectivity index (χ1) is 12.2. The molecule has 0 fully saturated rings. The summed E-state index contributed by atoms with van der Waals surface area (Å²) in [4.78, 5) is 13.0. The molecule has 0 radical (unpaired) electrons. The number of aryl methyl sites for hydroxylation is 1. The molecule has 0 bridgehead atoms. The number of benzene rings is 2. The normalized spacial score (nSPS) is 11.1. The van der Waals surface area contributed by atoms with E-state index in [9.17, 15) is 4.79 Å². The summed E-state index contributed by atoms with van der Waals surface area (Å²) < 4.78 is 3.34. The molecule has 0 aliphatic heterocycles. The lowest BCUT2D eigenvalue weighted by atomic mass is 10.0. The van der Waals surface area contributed by atoms with E-state index < -0.39 is 0 Å². The number of aromatic nitrogens is 1. The third kappa shape index (κ3) is 4.32. The van der Waals surface area contributed by atoms with Crippen molar-refractivity contribution in [2.24, 2.45) is 0 Å². The smallest absolute Gasteiger partial charge is 0.195 e. The highest BCUT2D eigenvalue weighted by Gasteiger charge is 2.16. The summed E-state index contributed by atoms with van der Waals surface area (Å²) in [6, 6.07) is 16.1. The van der Waals surface area contributed by atoms with Crippen LogP contribution >= 0.6 is 22.6 Å². The van der Waals surface area contributed by atoms with Gasteiger partial charge in [-0.15, -0.1) is 0 Å². The van der Waals surface area contributed by atoms with Gasteiger partial charge in [-0.1, -0.05) is 62.9 Å². The minimum atomic E-state index is 0.111. The van der Waals surface area contributed by atoms with Crippen LogP contribution in [0.1, 0.15) is 54.9 Å². The van der Waals surface area contributed by atoms with Gasteiger partial charge in [0, 0.05) is 38.3 Å². The van der Waals surface area contributed by atoms with E-state index in [0.29, 0.717) is 0 Å². The van der Waals surface area contributed by atoms with Crippen LogP contribution in [0.2, 0.25) is 0 Å². The summed E-state index contributed by atoms with van der Waals surface area (Å²) in [5, 5.41) is 1.06. The lowest BCUT2D eigenvalue weighted by Gasteiger charge is -2.04. The van der Waals surface area contributed by atoms with Crippen LogP contribution in [-0.2, 0) is 6.54 Å². The molecule has 0 unspecified atom stereocenters. The van der Waals surface area contributed by atoms with E-state index in [0.717, 1.165) is 38.6 Å². The van der Waals surface area contributed by atoms with E-state index in [4.69, 9.17) is 0 Å². The van der Waals surface area contributed by atoms with E-state index in [2.05, 4.69) is 52.3 Å². The number of ketones is 1. The Hall–Kier alpha value is -1.62. The van der Waals surface area contributed by atoms with Crippen molar-refractivity contribution in [1.29, 1.82) is 0 Å². The predicted molar refractivity (Wildman–Crippen MR) is 113 cm³/mol. The second-order valence-corrected chi connectivity index (χ2v) is 7.75. The molecule has 0 saturated heterocycles. The van der Waals surface area contributed by atoms with Gasteiger partial charge >= 0.3 is 0 Å². The Labute approximate surface area is 163 Å². The van der Waals surface area contributed by atoms with Crippen LogP contribution in [-0.4, -0.2) is 10.4 Å². The first-order valence-corrected chi connectivity index (χ1v) is 10.2. The van der Waals surface area contributed by atoms with E-state index in [-0.39, 0.29) is 5.78 Å². The minimum Gasteiger partial charge on any atom is -0.347 e. The fourth-order valence-corrected chi connectivity index (χ4v) is 3.83. The molecule has 130 valence electrons. The fraction of sp³-hybridized carbons (Fsp3) is 0.318. The van der Waals surface area contributed by atoms with Gasteiger partial charge < -0.3 is 4.57 Å². The highest BCUT2D eigenvalue weighted by molar-refractivity contribution is 14.1. The van der Waals surface area contributed by atoms with Crippen molar-refractivity contribution in [3.8, 4) is 0 Å². The van der Waals surface area contributed by atoms with Crippen LogP contribution in [0.5, 0.6) is 0 Å². The third-order valence-corrected chi connectivity index (χ3v) is 5.29. The SMILES string of the molecule is CCCCCCCn1cc(C(=O)c2cccc(I)c2)c2ccccc21. The zero-order valence-electron chi connectivity index (χ0n) is 14.7. The summed E-state index contributed by atoms with van der Waals surface area (Å²) in [6.45, 7) is 3.21. The molecule has 0 spiro atoms. The molecule has 0 aliphatic carbocycles. The van der Waals surface area contributed by atoms with E-state index in [1.165, 1.54) is 25.7 Å². The summed E-state index contributed by atoms with van der Waals surface area (Å²) >= 11 is 2.25. The molecular formula is C22H24INO. The maximum absolute atomic E-state index is 13.0. The number of nitrogens with zero attached hydrogens (tertiary/aromatic N) is 1. The van der Waals surface area contributed by atoms with Crippen LogP contribution in [0.25, 0.3) is 10.9 Å². The quantitative estimate of drug-likeness (QED) is 0.222.